The molecule has 2 atom stereocenters. The van der Waals surface area contributed by atoms with Gasteiger partial charge < -0.3 is 15.7 Å². The Hall–Kier alpha value is -5.18. The van der Waals surface area contributed by atoms with E-state index in [2.05, 4.69) is 48.3 Å². The molecule has 0 saturated carbocycles. The van der Waals surface area contributed by atoms with Crippen LogP contribution in [0, 0.1) is 0 Å². The summed E-state index contributed by atoms with van der Waals surface area (Å²) in [6.45, 7) is 9.73. The van der Waals surface area contributed by atoms with Crippen molar-refractivity contribution < 1.29 is 24.3 Å². The zero-order valence-corrected chi connectivity index (χ0v) is 28.2. The number of nitrogens with one attached hydrogen (secondary N) is 2. The lowest BCUT2D eigenvalue weighted by atomic mass is 9.86. The molecule has 250 valence electrons. The molecule has 0 fully saturated rings. The number of aliphatic carboxylic acids is 1. The van der Waals surface area contributed by atoms with Crippen LogP contribution in [0.15, 0.2) is 85.2 Å². The summed E-state index contributed by atoms with van der Waals surface area (Å²) in [5.41, 5.74) is 5.36. The van der Waals surface area contributed by atoms with Crippen LogP contribution in [0.1, 0.15) is 92.1 Å². The zero-order valence-electron chi connectivity index (χ0n) is 28.2. The molecule has 4 aromatic rings. The molecule has 1 aromatic heterocycles. The predicted molar refractivity (Wildman–Crippen MR) is 187 cm³/mol. The molecule has 2 amide bonds. The van der Waals surface area contributed by atoms with Crippen molar-refractivity contribution in [2.75, 3.05) is 0 Å². The van der Waals surface area contributed by atoms with Gasteiger partial charge in [0.2, 0.25) is 5.91 Å². The molecule has 4 rings (SSSR count). The number of ketones is 1. The van der Waals surface area contributed by atoms with Crippen molar-refractivity contribution in [3.05, 3.63) is 107 Å². The summed E-state index contributed by atoms with van der Waals surface area (Å²) < 4.78 is 0. The molecule has 0 bridgehead atoms. The molecule has 48 heavy (non-hydrogen) atoms. The van der Waals surface area contributed by atoms with Gasteiger partial charge in [-0.2, -0.15) is 0 Å². The molecule has 0 aliphatic heterocycles. The van der Waals surface area contributed by atoms with E-state index in [4.69, 9.17) is 0 Å². The van der Waals surface area contributed by atoms with Gasteiger partial charge in [-0.15, -0.1) is 0 Å². The Morgan fingerprint density at radius 3 is 1.90 bits per heavy atom. The van der Waals surface area contributed by atoms with Gasteiger partial charge in [0.15, 0.2) is 11.6 Å². The third kappa shape index (κ3) is 9.67. The van der Waals surface area contributed by atoms with E-state index in [0.717, 1.165) is 47.1 Å². The minimum absolute atomic E-state index is 0.0776. The van der Waals surface area contributed by atoms with Gasteiger partial charge in [0.1, 0.15) is 12.1 Å². The molecule has 9 heteroatoms. The lowest BCUT2D eigenvalue weighted by Crippen LogP contribution is -2.51. The van der Waals surface area contributed by atoms with Crippen LogP contribution in [0.25, 0.3) is 22.5 Å². The normalized spacial score (nSPS) is 12.5. The maximum atomic E-state index is 13.2. The van der Waals surface area contributed by atoms with Gasteiger partial charge in [-0.1, -0.05) is 101 Å². The molecule has 3 aromatic carbocycles. The van der Waals surface area contributed by atoms with E-state index in [-0.39, 0.29) is 17.6 Å². The molecule has 1 heterocycles. The van der Waals surface area contributed by atoms with Gasteiger partial charge >= 0.3 is 5.97 Å². The van der Waals surface area contributed by atoms with E-state index < -0.39 is 29.9 Å². The Morgan fingerprint density at radius 2 is 1.33 bits per heavy atom. The van der Waals surface area contributed by atoms with Crippen molar-refractivity contribution in [2.45, 2.75) is 84.2 Å². The standard InChI is InChI=1S/C39H44N4O5/c1-6-7-8-9-34(44)28-16-14-27(15-17-28)31-23-40-35(41-24-31)29-12-10-26(11-13-29)22-33(37(46)42-25(2)38(47)48)43-36(45)30-18-20-32(21-19-30)39(3,4)5/h10-21,23-25,33H,6-9,22H2,1-5H3,(H,42,46)(H,43,45)(H,47,48)/t25-,33+/m1/s1. The number of rotatable bonds is 14. The first-order valence-electron chi connectivity index (χ1n) is 16.3. The molecular formula is C39H44N4O5. The SMILES string of the molecule is CCCCCC(=O)c1ccc(-c2cnc(-c3ccc(C[C@H](NC(=O)c4ccc(C(C)(C)C)cc4)C(=O)N[C@H](C)C(=O)O)cc3)nc2)cc1. The minimum Gasteiger partial charge on any atom is -0.480 e. The van der Waals surface area contributed by atoms with E-state index in [0.29, 0.717) is 23.4 Å². The molecule has 0 aliphatic carbocycles. The number of benzene rings is 3. The molecular weight excluding hydrogens is 604 g/mol. The van der Waals surface area contributed by atoms with Crippen molar-refractivity contribution in [1.29, 1.82) is 0 Å². The number of carbonyl (C=O) groups is 4. The highest BCUT2D eigenvalue weighted by molar-refractivity contribution is 5.98. The molecule has 0 radical (unpaired) electrons. The van der Waals surface area contributed by atoms with Crippen LogP contribution in [-0.2, 0) is 21.4 Å². The monoisotopic (exact) mass is 648 g/mol. The van der Waals surface area contributed by atoms with Crippen LogP contribution in [0.2, 0.25) is 0 Å². The maximum Gasteiger partial charge on any atom is 0.325 e. The molecule has 0 saturated heterocycles. The fraction of sp³-hybridized carbons (Fsp3) is 0.333. The Labute approximate surface area is 282 Å². The number of unbranched alkanes of at least 4 members (excludes halogenated alkanes) is 2. The number of nitrogens with zero attached hydrogens (tertiary/aromatic N) is 2. The van der Waals surface area contributed by atoms with Gasteiger partial charge in [0.25, 0.3) is 5.91 Å². The first-order chi connectivity index (χ1) is 22.8. The van der Waals surface area contributed by atoms with Gasteiger partial charge in [-0.3, -0.25) is 19.2 Å². The molecule has 0 spiro atoms. The average molecular weight is 649 g/mol. The minimum atomic E-state index is -1.17. The Kier molecular flexibility index (Phi) is 12.0. The summed E-state index contributed by atoms with van der Waals surface area (Å²) in [7, 11) is 0. The summed E-state index contributed by atoms with van der Waals surface area (Å²) in [6.07, 6.45) is 7.20. The fourth-order valence-electron chi connectivity index (χ4n) is 5.13. The number of aromatic nitrogens is 2. The van der Waals surface area contributed by atoms with Gasteiger partial charge in [0, 0.05) is 47.5 Å². The number of amides is 2. The third-order valence-electron chi connectivity index (χ3n) is 8.22. The highest BCUT2D eigenvalue weighted by atomic mass is 16.4. The summed E-state index contributed by atoms with van der Waals surface area (Å²) in [6, 6.07) is 19.9. The predicted octanol–water partition coefficient (Wildman–Crippen LogP) is 6.80. The number of hydrogen-bond acceptors (Lipinski definition) is 6. The van der Waals surface area contributed by atoms with Gasteiger partial charge in [-0.25, -0.2) is 9.97 Å². The second-order valence-corrected chi connectivity index (χ2v) is 13.1. The summed E-state index contributed by atoms with van der Waals surface area (Å²) >= 11 is 0. The van der Waals surface area contributed by atoms with Crippen molar-refractivity contribution >= 4 is 23.6 Å². The van der Waals surface area contributed by atoms with Crippen LogP contribution in [0.4, 0.5) is 0 Å². The van der Waals surface area contributed by atoms with Crippen LogP contribution in [-0.4, -0.2) is 50.7 Å². The number of carboxylic acids is 1. The Morgan fingerprint density at radius 1 is 0.750 bits per heavy atom. The van der Waals surface area contributed by atoms with Crippen molar-refractivity contribution in [2.24, 2.45) is 0 Å². The topological polar surface area (TPSA) is 138 Å². The summed E-state index contributed by atoms with van der Waals surface area (Å²) in [5.74, 6) is -1.53. The van der Waals surface area contributed by atoms with Gasteiger partial charge in [-0.05, 0) is 47.6 Å². The Bertz CT molecular complexity index is 1710. The van der Waals surface area contributed by atoms with Crippen LogP contribution < -0.4 is 10.6 Å². The molecule has 3 N–H and O–H groups in total. The number of hydrogen-bond donors (Lipinski definition) is 3. The number of carbonyl (C=O) groups excluding carboxylic acids is 3. The summed E-state index contributed by atoms with van der Waals surface area (Å²) in [5, 5.41) is 14.6. The van der Waals surface area contributed by atoms with E-state index in [1.807, 2.05) is 60.7 Å². The Balaban J connectivity index is 1.45. The number of Topliss-reactive ketones (excluding diaryl/α,β-unsaturated/α-hetero) is 1. The number of carboxylic acid groups (broad SMARTS) is 1. The second kappa shape index (κ2) is 16.1. The van der Waals surface area contributed by atoms with Gasteiger partial charge in [0.05, 0.1) is 0 Å². The van der Waals surface area contributed by atoms with Crippen LogP contribution in [0.5, 0.6) is 0 Å². The van der Waals surface area contributed by atoms with Crippen molar-refractivity contribution in [1.82, 2.24) is 20.6 Å². The highest BCUT2D eigenvalue weighted by Crippen LogP contribution is 2.24. The molecule has 9 nitrogen and oxygen atoms in total. The van der Waals surface area contributed by atoms with Crippen molar-refractivity contribution in [3.8, 4) is 22.5 Å². The maximum absolute atomic E-state index is 13.2. The fourth-order valence-corrected chi connectivity index (χ4v) is 5.13. The van der Waals surface area contributed by atoms with Crippen molar-refractivity contribution in [3.63, 3.8) is 0 Å². The van der Waals surface area contributed by atoms with E-state index >= 15 is 0 Å². The van der Waals surface area contributed by atoms with Crippen LogP contribution in [0.3, 0.4) is 0 Å². The smallest absolute Gasteiger partial charge is 0.325 e. The largest absolute Gasteiger partial charge is 0.480 e. The average Bonchev–Trinajstić information content (AvgIpc) is 3.08. The van der Waals surface area contributed by atoms with E-state index in [1.54, 1.807) is 24.5 Å². The second-order valence-electron chi connectivity index (χ2n) is 13.1. The van der Waals surface area contributed by atoms with E-state index in [1.165, 1.54) is 6.92 Å². The third-order valence-corrected chi connectivity index (χ3v) is 8.22. The quantitative estimate of drug-likeness (QED) is 0.101. The van der Waals surface area contributed by atoms with E-state index in [9.17, 15) is 24.3 Å². The first-order valence-corrected chi connectivity index (χ1v) is 16.3. The lowest BCUT2D eigenvalue weighted by molar-refractivity contribution is -0.141. The zero-order chi connectivity index (χ0) is 34.8. The lowest BCUT2D eigenvalue weighted by Gasteiger charge is -2.21. The first kappa shape index (κ1) is 35.7. The van der Waals surface area contributed by atoms with Crippen LogP contribution >= 0.6 is 0 Å². The summed E-state index contributed by atoms with van der Waals surface area (Å²) in [4.78, 5) is 59.2. The molecule has 0 aliphatic rings. The molecule has 0 unspecified atom stereocenters. The highest BCUT2D eigenvalue weighted by Gasteiger charge is 2.25.